The van der Waals surface area contributed by atoms with Crippen LogP contribution in [0.5, 0.6) is 0 Å². The molecule has 0 fully saturated rings. The summed E-state index contributed by atoms with van der Waals surface area (Å²) < 4.78 is 12.0. The van der Waals surface area contributed by atoms with Crippen LogP contribution in [-0.2, 0) is 4.74 Å². The molecule has 168 valence electrons. The molecule has 0 unspecified atom stereocenters. The molecule has 2 aromatic carbocycles. The lowest BCUT2D eigenvalue weighted by molar-refractivity contribution is 0.0518. The predicted octanol–water partition coefficient (Wildman–Crippen LogP) is 4.88. The van der Waals surface area contributed by atoms with Crippen molar-refractivity contribution in [3.8, 4) is 16.9 Å². The molecule has 0 radical (unpaired) electrons. The molecule has 0 aliphatic carbocycles. The van der Waals surface area contributed by atoms with Crippen LogP contribution in [0.15, 0.2) is 59.1 Å². The predicted molar refractivity (Wildman–Crippen MR) is 124 cm³/mol. The Morgan fingerprint density at radius 3 is 2.55 bits per heavy atom. The zero-order valence-corrected chi connectivity index (χ0v) is 18.9. The van der Waals surface area contributed by atoms with Crippen molar-refractivity contribution in [1.29, 1.82) is 0 Å². The van der Waals surface area contributed by atoms with Gasteiger partial charge < -0.3 is 14.6 Å². The van der Waals surface area contributed by atoms with Crippen molar-refractivity contribution in [2.45, 2.75) is 27.7 Å². The number of esters is 1. The molecule has 0 saturated heterocycles. The van der Waals surface area contributed by atoms with Crippen LogP contribution in [0.2, 0.25) is 0 Å². The van der Waals surface area contributed by atoms with Gasteiger partial charge in [-0.1, -0.05) is 35.5 Å². The van der Waals surface area contributed by atoms with Gasteiger partial charge in [0.15, 0.2) is 5.69 Å². The number of carbonyl (C=O) groups excluding carboxylic acids is 2. The van der Waals surface area contributed by atoms with Crippen molar-refractivity contribution >= 4 is 17.6 Å². The number of hydrogen-bond donors (Lipinski definition) is 1. The summed E-state index contributed by atoms with van der Waals surface area (Å²) in [5.41, 5.74) is 5.05. The first-order valence-corrected chi connectivity index (χ1v) is 10.6. The van der Waals surface area contributed by atoms with Crippen LogP contribution in [0.4, 0.5) is 5.69 Å². The van der Waals surface area contributed by atoms with E-state index in [-0.39, 0.29) is 18.2 Å². The van der Waals surface area contributed by atoms with Gasteiger partial charge in [-0.3, -0.25) is 4.79 Å². The summed E-state index contributed by atoms with van der Waals surface area (Å²) in [4.78, 5) is 25.2. The molecule has 1 N–H and O–H groups in total. The monoisotopic (exact) mass is 444 g/mol. The fourth-order valence-electron chi connectivity index (χ4n) is 3.63. The van der Waals surface area contributed by atoms with E-state index in [1.807, 2.05) is 49.4 Å². The quantitative estimate of drug-likeness (QED) is 0.426. The van der Waals surface area contributed by atoms with Gasteiger partial charge in [-0.2, -0.15) is 5.10 Å². The minimum Gasteiger partial charge on any atom is -0.461 e. The lowest BCUT2D eigenvalue weighted by atomic mass is 10.1. The number of nitrogens with zero attached hydrogens (tertiary/aromatic N) is 3. The standard InChI is InChI=1S/C25H24N4O4/c1-5-32-25(31)20-14-22(29(27-20)21-12-7-6-9-15(21)2)18-10-8-11-19(13-18)26-24(30)23-16(3)28-33-17(23)4/h6-14H,5H2,1-4H3,(H,26,30). The average molecular weight is 444 g/mol. The van der Waals surface area contributed by atoms with Gasteiger partial charge in [-0.05, 0) is 57.5 Å². The largest absolute Gasteiger partial charge is 0.461 e. The summed E-state index contributed by atoms with van der Waals surface area (Å²) in [6.45, 7) is 7.41. The number of para-hydroxylation sites is 1. The molecule has 0 bridgehead atoms. The SMILES string of the molecule is CCOC(=O)c1cc(-c2cccc(NC(=O)c3c(C)noc3C)c2)n(-c2ccccc2C)n1. The minimum atomic E-state index is -0.492. The highest BCUT2D eigenvalue weighted by atomic mass is 16.5. The second kappa shape index (κ2) is 9.12. The number of benzene rings is 2. The second-order valence-electron chi connectivity index (χ2n) is 7.57. The molecule has 4 aromatic rings. The molecule has 0 aliphatic rings. The summed E-state index contributed by atoms with van der Waals surface area (Å²) in [6, 6.07) is 16.8. The molecule has 0 atom stereocenters. The van der Waals surface area contributed by atoms with Crippen LogP contribution in [0.1, 0.15) is 44.8 Å². The fraction of sp³-hybridized carbons (Fsp3) is 0.200. The lowest BCUT2D eigenvalue weighted by Crippen LogP contribution is -2.13. The third-order valence-corrected chi connectivity index (χ3v) is 5.21. The molecule has 0 spiro atoms. The van der Waals surface area contributed by atoms with Gasteiger partial charge in [0.25, 0.3) is 5.91 Å². The molecule has 1 amide bonds. The van der Waals surface area contributed by atoms with Gasteiger partial charge in [0.05, 0.1) is 23.7 Å². The smallest absolute Gasteiger partial charge is 0.358 e. The minimum absolute atomic E-state index is 0.209. The highest BCUT2D eigenvalue weighted by Crippen LogP contribution is 2.28. The number of carbonyl (C=O) groups is 2. The van der Waals surface area contributed by atoms with E-state index in [4.69, 9.17) is 9.26 Å². The third kappa shape index (κ3) is 4.41. The topological polar surface area (TPSA) is 99.2 Å². The number of aromatic nitrogens is 3. The molecular formula is C25H24N4O4. The van der Waals surface area contributed by atoms with E-state index < -0.39 is 5.97 Å². The van der Waals surface area contributed by atoms with Gasteiger partial charge in [0.2, 0.25) is 0 Å². The van der Waals surface area contributed by atoms with Gasteiger partial charge in [-0.15, -0.1) is 0 Å². The van der Waals surface area contributed by atoms with Gasteiger partial charge in [-0.25, -0.2) is 9.48 Å². The molecule has 0 saturated carbocycles. The highest BCUT2D eigenvalue weighted by molar-refractivity contribution is 6.05. The maximum atomic E-state index is 12.8. The Morgan fingerprint density at radius 2 is 1.85 bits per heavy atom. The van der Waals surface area contributed by atoms with Crippen LogP contribution in [0, 0.1) is 20.8 Å². The van der Waals surface area contributed by atoms with Crippen molar-refractivity contribution in [2.24, 2.45) is 0 Å². The Hall–Kier alpha value is -4.20. The summed E-state index contributed by atoms with van der Waals surface area (Å²) in [5, 5.41) is 11.3. The first-order chi connectivity index (χ1) is 15.9. The van der Waals surface area contributed by atoms with E-state index in [1.165, 1.54) is 0 Å². The number of aryl methyl sites for hydroxylation is 3. The number of ether oxygens (including phenoxy) is 1. The number of anilines is 1. The maximum absolute atomic E-state index is 12.8. The highest BCUT2D eigenvalue weighted by Gasteiger charge is 2.20. The van der Waals surface area contributed by atoms with Crippen LogP contribution in [0.3, 0.4) is 0 Å². The summed E-state index contributed by atoms with van der Waals surface area (Å²) in [6.07, 6.45) is 0. The van der Waals surface area contributed by atoms with Crippen molar-refractivity contribution in [3.05, 3.63) is 82.9 Å². The maximum Gasteiger partial charge on any atom is 0.358 e. The number of amides is 1. The summed E-state index contributed by atoms with van der Waals surface area (Å²) >= 11 is 0. The van der Waals surface area contributed by atoms with Crippen LogP contribution in [0.25, 0.3) is 16.9 Å². The van der Waals surface area contributed by atoms with E-state index in [2.05, 4.69) is 15.6 Å². The number of nitrogens with one attached hydrogen (secondary N) is 1. The molecule has 8 nitrogen and oxygen atoms in total. The first kappa shape index (κ1) is 22.0. The second-order valence-corrected chi connectivity index (χ2v) is 7.57. The van der Waals surface area contributed by atoms with Crippen molar-refractivity contribution < 1.29 is 18.8 Å². The molecule has 33 heavy (non-hydrogen) atoms. The van der Waals surface area contributed by atoms with Crippen molar-refractivity contribution in [1.82, 2.24) is 14.9 Å². The Bertz CT molecular complexity index is 1320. The van der Waals surface area contributed by atoms with Gasteiger partial charge >= 0.3 is 5.97 Å². The number of rotatable bonds is 6. The first-order valence-electron chi connectivity index (χ1n) is 10.6. The van der Waals surface area contributed by atoms with Gasteiger partial charge in [0, 0.05) is 11.3 Å². The van der Waals surface area contributed by atoms with E-state index in [1.54, 1.807) is 37.6 Å². The Morgan fingerprint density at radius 1 is 1.06 bits per heavy atom. The molecular weight excluding hydrogens is 420 g/mol. The Labute approximate surface area is 191 Å². The van der Waals surface area contributed by atoms with E-state index in [0.29, 0.717) is 28.4 Å². The molecule has 0 aliphatic heterocycles. The summed E-state index contributed by atoms with van der Waals surface area (Å²) in [7, 11) is 0. The van der Waals surface area contributed by atoms with Crippen LogP contribution in [-0.4, -0.2) is 33.4 Å². The lowest BCUT2D eigenvalue weighted by Gasteiger charge is -2.11. The van der Waals surface area contributed by atoms with Gasteiger partial charge in [0.1, 0.15) is 11.3 Å². The summed E-state index contributed by atoms with van der Waals surface area (Å²) in [5.74, 6) is -0.338. The fourth-order valence-corrected chi connectivity index (χ4v) is 3.63. The van der Waals surface area contributed by atoms with E-state index in [9.17, 15) is 9.59 Å². The molecule has 2 aromatic heterocycles. The van der Waals surface area contributed by atoms with E-state index >= 15 is 0 Å². The number of hydrogen-bond acceptors (Lipinski definition) is 6. The third-order valence-electron chi connectivity index (χ3n) is 5.21. The normalized spacial score (nSPS) is 10.8. The Balaban J connectivity index is 1.75. The average Bonchev–Trinajstić information content (AvgIpc) is 3.38. The Kier molecular flexibility index (Phi) is 6.08. The molecule has 8 heteroatoms. The van der Waals surface area contributed by atoms with E-state index in [0.717, 1.165) is 16.8 Å². The molecule has 4 rings (SSSR count). The van der Waals surface area contributed by atoms with Crippen LogP contribution < -0.4 is 5.32 Å². The van der Waals surface area contributed by atoms with Crippen LogP contribution >= 0.6 is 0 Å². The van der Waals surface area contributed by atoms with Crippen molar-refractivity contribution in [3.63, 3.8) is 0 Å². The van der Waals surface area contributed by atoms with Crippen molar-refractivity contribution in [2.75, 3.05) is 11.9 Å². The molecule has 2 heterocycles. The zero-order chi connectivity index (χ0) is 23.5. The zero-order valence-electron chi connectivity index (χ0n) is 18.9.